The van der Waals surface area contributed by atoms with Gasteiger partial charge in [0, 0.05) is 18.3 Å². The lowest BCUT2D eigenvalue weighted by molar-refractivity contribution is 0.103. The molecule has 0 aliphatic carbocycles. The molecule has 2 heterocycles. The largest absolute Gasteiger partial charge is 0.368 e. The second-order valence-electron chi connectivity index (χ2n) is 6.34. The van der Waals surface area contributed by atoms with E-state index in [9.17, 15) is 14.0 Å². The molecule has 4 rings (SSSR count). The zero-order chi connectivity index (χ0) is 20.7. The van der Waals surface area contributed by atoms with E-state index in [1.807, 2.05) is 0 Å². The minimum absolute atomic E-state index is 0.00560. The minimum atomic E-state index is -0.765. The van der Waals surface area contributed by atoms with Gasteiger partial charge in [-0.2, -0.15) is 14.5 Å². The molecule has 4 aromatic rings. The number of carbonyl (C=O) groups is 1. The van der Waals surface area contributed by atoms with E-state index in [-0.39, 0.29) is 16.9 Å². The zero-order valence-corrected chi connectivity index (χ0v) is 16.1. The van der Waals surface area contributed by atoms with Gasteiger partial charge in [-0.25, -0.2) is 13.9 Å². The van der Waals surface area contributed by atoms with Crippen LogP contribution >= 0.6 is 11.6 Å². The Kier molecular flexibility index (Phi) is 4.59. The molecule has 2 aromatic carbocycles. The van der Waals surface area contributed by atoms with Crippen LogP contribution in [0.3, 0.4) is 0 Å². The van der Waals surface area contributed by atoms with E-state index in [0.717, 1.165) is 9.36 Å². The first-order valence-electron chi connectivity index (χ1n) is 8.51. The first-order chi connectivity index (χ1) is 13.9. The first kappa shape index (κ1) is 18.8. The van der Waals surface area contributed by atoms with Crippen LogP contribution in [0.25, 0.3) is 11.4 Å². The lowest BCUT2D eigenvalue weighted by Crippen LogP contribution is -2.25. The highest BCUT2D eigenvalue weighted by atomic mass is 35.5. The fraction of sp³-hybridized carbons (Fsp3) is 0.105. The van der Waals surface area contributed by atoms with Crippen molar-refractivity contribution in [3.05, 3.63) is 86.8 Å². The average molecular weight is 413 g/mol. The highest BCUT2D eigenvalue weighted by molar-refractivity contribution is 6.30. The Morgan fingerprint density at radius 2 is 1.79 bits per heavy atom. The van der Waals surface area contributed by atoms with Gasteiger partial charge in [0.15, 0.2) is 0 Å². The Morgan fingerprint density at radius 1 is 1.07 bits per heavy atom. The van der Waals surface area contributed by atoms with Gasteiger partial charge in [0.25, 0.3) is 0 Å². The fourth-order valence-electron chi connectivity index (χ4n) is 2.92. The number of aromatic nitrogens is 6. The maximum absolute atomic E-state index is 14.7. The highest BCUT2D eigenvalue weighted by Crippen LogP contribution is 2.24. The monoisotopic (exact) mass is 412 g/mol. The van der Waals surface area contributed by atoms with Crippen molar-refractivity contribution < 1.29 is 9.18 Å². The molecule has 0 saturated carbocycles. The Hall–Kier alpha value is -3.59. The molecule has 0 amide bonds. The predicted molar refractivity (Wildman–Crippen MR) is 103 cm³/mol. The molecule has 0 unspecified atom stereocenters. The standard InChI is InChI=1S/C19H14ClFN6O2/c1-11-3-8-14(21)17(27-19(29)25(2)23-24-27)16(11)18(28)15-9-10-26(22-15)13-6-4-12(20)5-7-13/h3-10H,1-2H3. The van der Waals surface area contributed by atoms with Crippen LogP contribution in [0.5, 0.6) is 0 Å². The summed E-state index contributed by atoms with van der Waals surface area (Å²) in [6.45, 7) is 1.65. The van der Waals surface area contributed by atoms with Crippen LogP contribution in [-0.4, -0.2) is 35.4 Å². The summed E-state index contributed by atoms with van der Waals surface area (Å²) < 4.78 is 17.9. The second-order valence-corrected chi connectivity index (χ2v) is 6.77. The van der Waals surface area contributed by atoms with E-state index in [1.54, 1.807) is 37.4 Å². The van der Waals surface area contributed by atoms with Crippen LogP contribution in [0.1, 0.15) is 21.6 Å². The molecular weight excluding hydrogens is 399 g/mol. The molecule has 0 spiro atoms. The van der Waals surface area contributed by atoms with E-state index in [1.165, 1.54) is 29.9 Å². The van der Waals surface area contributed by atoms with Crippen LogP contribution in [0.2, 0.25) is 5.02 Å². The van der Waals surface area contributed by atoms with Crippen molar-refractivity contribution in [3.8, 4) is 11.4 Å². The summed E-state index contributed by atoms with van der Waals surface area (Å²) in [5, 5.41) is 12.1. The summed E-state index contributed by atoms with van der Waals surface area (Å²) in [4.78, 5) is 25.4. The molecule has 0 radical (unpaired) electrons. The number of halogens is 2. The highest BCUT2D eigenvalue weighted by Gasteiger charge is 2.25. The second kappa shape index (κ2) is 7.10. The Morgan fingerprint density at radius 3 is 2.45 bits per heavy atom. The van der Waals surface area contributed by atoms with Crippen molar-refractivity contribution in [2.75, 3.05) is 0 Å². The summed E-state index contributed by atoms with van der Waals surface area (Å²) in [7, 11) is 1.38. The van der Waals surface area contributed by atoms with Crippen molar-refractivity contribution in [3.63, 3.8) is 0 Å². The summed E-state index contributed by atoms with van der Waals surface area (Å²) in [5.74, 6) is -1.30. The third kappa shape index (κ3) is 3.25. The molecule has 0 atom stereocenters. The molecule has 0 saturated heterocycles. The summed E-state index contributed by atoms with van der Waals surface area (Å²) in [6.07, 6.45) is 1.61. The molecule has 8 nitrogen and oxygen atoms in total. The summed E-state index contributed by atoms with van der Waals surface area (Å²) >= 11 is 5.90. The van der Waals surface area contributed by atoms with Crippen LogP contribution < -0.4 is 5.69 Å². The van der Waals surface area contributed by atoms with Crippen molar-refractivity contribution in [1.29, 1.82) is 0 Å². The van der Waals surface area contributed by atoms with Crippen molar-refractivity contribution in [2.24, 2.45) is 7.05 Å². The number of hydrogen-bond donors (Lipinski definition) is 0. The Labute approximate surface area is 168 Å². The van der Waals surface area contributed by atoms with Crippen LogP contribution in [0.4, 0.5) is 4.39 Å². The Bertz CT molecular complexity index is 1290. The number of rotatable bonds is 4. The number of carbonyl (C=O) groups excluding carboxylic acids is 1. The third-order valence-corrected chi connectivity index (χ3v) is 4.66. The average Bonchev–Trinajstić information content (AvgIpc) is 3.32. The lowest BCUT2D eigenvalue weighted by atomic mass is 10.00. The van der Waals surface area contributed by atoms with Crippen LogP contribution in [0, 0.1) is 12.7 Å². The summed E-state index contributed by atoms with van der Waals surface area (Å²) in [5.41, 5.74) is 0.338. The number of aryl methyl sites for hydroxylation is 2. The van der Waals surface area contributed by atoms with E-state index in [0.29, 0.717) is 16.3 Å². The SMILES string of the molecule is Cc1ccc(F)c(-n2nnn(C)c2=O)c1C(=O)c1ccn(-c2ccc(Cl)cc2)n1. The smallest absolute Gasteiger partial charge is 0.287 e. The first-order valence-corrected chi connectivity index (χ1v) is 8.89. The zero-order valence-electron chi connectivity index (χ0n) is 15.4. The number of ketones is 1. The molecule has 0 N–H and O–H groups in total. The van der Waals surface area contributed by atoms with Crippen LogP contribution in [0.15, 0.2) is 53.5 Å². The van der Waals surface area contributed by atoms with Gasteiger partial charge in [0.1, 0.15) is 17.2 Å². The molecule has 0 aliphatic rings. The maximum atomic E-state index is 14.7. The van der Waals surface area contributed by atoms with Gasteiger partial charge in [0.05, 0.1) is 11.3 Å². The molecule has 0 fully saturated rings. The molecular formula is C19H14ClFN6O2. The fourth-order valence-corrected chi connectivity index (χ4v) is 3.05. The Balaban J connectivity index is 1.83. The van der Waals surface area contributed by atoms with E-state index >= 15 is 0 Å². The third-order valence-electron chi connectivity index (χ3n) is 4.41. The van der Waals surface area contributed by atoms with Crippen molar-refractivity contribution >= 4 is 17.4 Å². The number of tetrazole rings is 1. The van der Waals surface area contributed by atoms with Gasteiger partial charge in [-0.1, -0.05) is 17.7 Å². The molecule has 2 aromatic heterocycles. The molecule has 10 heteroatoms. The normalized spacial score (nSPS) is 11.0. The van der Waals surface area contributed by atoms with Gasteiger partial charge in [0.2, 0.25) is 5.78 Å². The quantitative estimate of drug-likeness (QED) is 0.480. The summed E-state index contributed by atoms with van der Waals surface area (Å²) in [6, 6.07) is 11.1. The topological polar surface area (TPSA) is 87.6 Å². The maximum Gasteiger partial charge on any atom is 0.368 e. The van der Waals surface area contributed by atoms with Gasteiger partial charge >= 0.3 is 5.69 Å². The minimum Gasteiger partial charge on any atom is -0.287 e. The van der Waals surface area contributed by atoms with Gasteiger partial charge < -0.3 is 0 Å². The van der Waals surface area contributed by atoms with Gasteiger partial charge in [-0.15, -0.1) is 0 Å². The lowest BCUT2D eigenvalue weighted by Gasteiger charge is -2.10. The molecule has 146 valence electrons. The predicted octanol–water partition coefficient (Wildman–Crippen LogP) is 2.48. The van der Waals surface area contributed by atoms with Crippen LogP contribution in [-0.2, 0) is 7.05 Å². The van der Waals surface area contributed by atoms with E-state index in [4.69, 9.17) is 11.6 Å². The molecule has 29 heavy (non-hydrogen) atoms. The van der Waals surface area contributed by atoms with E-state index < -0.39 is 17.3 Å². The molecule has 0 aliphatic heterocycles. The van der Waals surface area contributed by atoms with E-state index in [2.05, 4.69) is 15.5 Å². The number of hydrogen-bond acceptors (Lipinski definition) is 5. The van der Waals surface area contributed by atoms with Gasteiger partial charge in [-0.05, 0) is 59.3 Å². The van der Waals surface area contributed by atoms with Crippen molar-refractivity contribution in [1.82, 2.24) is 29.6 Å². The van der Waals surface area contributed by atoms with Gasteiger partial charge in [-0.3, -0.25) is 4.79 Å². The number of benzene rings is 2. The van der Waals surface area contributed by atoms with Crippen molar-refractivity contribution in [2.45, 2.75) is 6.92 Å². The molecule has 0 bridgehead atoms. The number of nitrogens with zero attached hydrogens (tertiary/aromatic N) is 6.